The van der Waals surface area contributed by atoms with Crippen LogP contribution in [0.3, 0.4) is 0 Å². The predicted octanol–water partition coefficient (Wildman–Crippen LogP) is 4.16. The minimum atomic E-state index is 0.0591. The van der Waals surface area contributed by atoms with Crippen molar-refractivity contribution >= 4 is 39.7 Å². The fourth-order valence-corrected chi connectivity index (χ4v) is 4.90. The molecule has 164 valence electrons. The number of piperidine rings is 1. The number of anilines is 2. The van der Waals surface area contributed by atoms with Crippen molar-refractivity contribution < 1.29 is 4.79 Å². The summed E-state index contributed by atoms with van der Waals surface area (Å²) in [6.07, 6.45) is 2.52. The Balaban J connectivity index is 1.37. The Morgan fingerprint density at radius 3 is 2.55 bits per heavy atom. The molecular weight excluding hydrogens is 406 g/mol. The SMILES string of the molecule is CCc1nc(N2CCC(C(=O)NCc3ccc(N(C)C)cc3)CC2)c2c(C)scc2n1. The van der Waals surface area contributed by atoms with E-state index in [-0.39, 0.29) is 11.8 Å². The Kier molecular flexibility index (Phi) is 6.41. The number of thiophene rings is 1. The molecule has 0 spiro atoms. The van der Waals surface area contributed by atoms with Crippen LogP contribution >= 0.6 is 11.3 Å². The number of aryl methyl sites for hydroxylation is 2. The molecule has 2 aromatic heterocycles. The van der Waals surface area contributed by atoms with Gasteiger partial charge in [-0.1, -0.05) is 19.1 Å². The smallest absolute Gasteiger partial charge is 0.223 e. The van der Waals surface area contributed by atoms with Gasteiger partial charge in [-0.2, -0.15) is 0 Å². The van der Waals surface area contributed by atoms with E-state index in [1.165, 1.54) is 10.3 Å². The van der Waals surface area contributed by atoms with Crippen molar-refractivity contribution in [2.75, 3.05) is 37.0 Å². The third kappa shape index (κ3) is 4.66. The average molecular weight is 438 g/mol. The number of carbonyl (C=O) groups is 1. The summed E-state index contributed by atoms with van der Waals surface area (Å²) in [6, 6.07) is 8.32. The van der Waals surface area contributed by atoms with Crippen molar-refractivity contribution in [3.8, 4) is 0 Å². The Morgan fingerprint density at radius 1 is 1.19 bits per heavy atom. The first-order chi connectivity index (χ1) is 15.0. The molecule has 0 aliphatic carbocycles. The highest BCUT2D eigenvalue weighted by atomic mass is 32.1. The van der Waals surface area contributed by atoms with Gasteiger partial charge in [-0.3, -0.25) is 4.79 Å². The summed E-state index contributed by atoms with van der Waals surface area (Å²) in [4.78, 5) is 28.0. The molecule has 1 saturated heterocycles. The van der Waals surface area contributed by atoms with Crippen LogP contribution in [0, 0.1) is 12.8 Å². The lowest BCUT2D eigenvalue weighted by Crippen LogP contribution is -2.40. The first kappa shape index (κ1) is 21.6. The molecule has 7 heteroatoms. The van der Waals surface area contributed by atoms with Gasteiger partial charge < -0.3 is 15.1 Å². The van der Waals surface area contributed by atoms with Crippen LogP contribution in [-0.4, -0.2) is 43.1 Å². The van der Waals surface area contributed by atoms with E-state index in [0.717, 1.165) is 60.8 Å². The van der Waals surface area contributed by atoms with Crippen molar-refractivity contribution in [3.63, 3.8) is 0 Å². The van der Waals surface area contributed by atoms with Gasteiger partial charge in [-0.25, -0.2) is 9.97 Å². The molecule has 3 heterocycles. The number of nitrogens with zero attached hydrogens (tertiary/aromatic N) is 4. The molecule has 1 aromatic carbocycles. The van der Waals surface area contributed by atoms with Gasteiger partial charge in [-0.15, -0.1) is 11.3 Å². The lowest BCUT2D eigenvalue weighted by atomic mass is 9.95. The number of nitrogens with one attached hydrogen (secondary N) is 1. The Labute approximate surface area is 188 Å². The van der Waals surface area contributed by atoms with E-state index in [1.807, 2.05) is 14.1 Å². The quantitative estimate of drug-likeness (QED) is 0.627. The maximum Gasteiger partial charge on any atom is 0.223 e. The lowest BCUT2D eigenvalue weighted by molar-refractivity contribution is -0.125. The molecule has 0 radical (unpaired) electrons. The summed E-state index contributed by atoms with van der Waals surface area (Å²) in [5, 5.41) is 6.43. The molecule has 6 nitrogen and oxygen atoms in total. The van der Waals surface area contributed by atoms with E-state index in [2.05, 4.69) is 63.6 Å². The number of fused-ring (bicyclic) bond motifs is 1. The third-order valence-corrected chi connectivity index (χ3v) is 6.96. The molecule has 1 amide bonds. The van der Waals surface area contributed by atoms with Crippen LogP contribution in [0.25, 0.3) is 10.9 Å². The van der Waals surface area contributed by atoms with E-state index in [4.69, 9.17) is 4.98 Å². The molecule has 1 aliphatic heterocycles. The van der Waals surface area contributed by atoms with Crippen LogP contribution in [-0.2, 0) is 17.8 Å². The monoisotopic (exact) mass is 437 g/mol. The molecule has 0 atom stereocenters. The first-order valence-corrected chi connectivity index (χ1v) is 11.9. The summed E-state index contributed by atoms with van der Waals surface area (Å²) in [6.45, 7) is 6.50. The number of aromatic nitrogens is 2. The molecule has 1 N–H and O–H groups in total. The summed E-state index contributed by atoms with van der Waals surface area (Å²) in [5.74, 6) is 2.15. The van der Waals surface area contributed by atoms with Crippen molar-refractivity contribution in [3.05, 3.63) is 45.9 Å². The van der Waals surface area contributed by atoms with Crippen molar-refractivity contribution in [2.45, 2.75) is 39.7 Å². The van der Waals surface area contributed by atoms with Crippen LogP contribution in [0.5, 0.6) is 0 Å². The number of benzene rings is 1. The van der Waals surface area contributed by atoms with Crippen molar-refractivity contribution in [2.24, 2.45) is 5.92 Å². The van der Waals surface area contributed by atoms with Crippen LogP contribution < -0.4 is 15.1 Å². The summed E-state index contributed by atoms with van der Waals surface area (Å²) in [7, 11) is 4.05. The standard InChI is InChI=1S/C24H31N5OS/c1-5-21-26-20-15-31-16(2)22(20)23(27-21)29-12-10-18(11-13-29)24(30)25-14-17-6-8-19(9-7-17)28(3)4/h6-9,15,18H,5,10-14H2,1-4H3,(H,25,30). The first-order valence-electron chi connectivity index (χ1n) is 11.0. The molecule has 1 fully saturated rings. The Morgan fingerprint density at radius 2 is 1.90 bits per heavy atom. The van der Waals surface area contributed by atoms with E-state index >= 15 is 0 Å². The normalized spacial score (nSPS) is 14.8. The zero-order valence-corrected chi connectivity index (χ0v) is 19.6. The van der Waals surface area contributed by atoms with Gasteiger partial charge in [0.25, 0.3) is 0 Å². The fourth-order valence-electron chi connectivity index (χ4n) is 4.12. The van der Waals surface area contributed by atoms with Gasteiger partial charge in [0.15, 0.2) is 0 Å². The Bertz CT molecular complexity index is 1050. The number of amides is 1. The van der Waals surface area contributed by atoms with Gasteiger partial charge in [0.2, 0.25) is 5.91 Å². The van der Waals surface area contributed by atoms with Crippen molar-refractivity contribution in [1.29, 1.82) is 0 Å². The van der Waals surface area contributed by atoms with Crippen LogP contribution in [0.1, 0.15) is 36.0 Å². The molecule has 3 aromatic rings. The molecule has 0 saturated carbocycles. The van der Waals surface area contributed by atoms with E-state index < -0.39 is 0 Å². The zero-order chi connectivity index (χ0) is 22.0. The summed E-state index contributed by atoms with van der Waals surface area (Å²) < 4.78 is 0. The molecule has 31 heavy (non-hydrogen) atoms. The lowest BCUT2D eigenvalue weighted by Gasteiger charge is -2.32. The zero-order valence-electron chi connectivity index (χ0n) is 18.8. The largest absolute Gasteiger partial charge is 0.378 e. The molecule has 1 aliphatic rings. The van der Waals surface area contributed by atoms with Gasteiger partial charge >= 0.3 is 0 Å². The van der Waals surface area contributed by atoms with Crippen LogP contribution in [0.2, 0.25) is 0 Å². The highest BCUT2D eigenvalue weighted by Gasteiger charge is 2.27. The topological polar surface area (TPSA) is 61.4 Å². The molecule has 0 bridgehead atoms. The minimum Gasteiger partial charge on any atom is -0.378 e. The van der Waals surface area contributed by atoms with Crippen LogP contribution in [0.4, 0.5) is 11.5 Å². The van der Waals surface area contributed by atoms with Gasteiger partial charge in [-0.05, 0) is 37.5 Å². The third-order valence-electron chi connectivity index (χ3n) is 6.06. The number of hydrogen-bond donors (Lipinski definition) is 1. The maximum absolute atomic E-state index is 12.8. The summed E-state index contributed by atoms with van der Waals surface area (Å²) >= 11 is 1.73. The molecule has 0 unspecified atom stereocenters. The molecule has 4 rings (SSSR count). The fraction of sp³-hybridized carbons (Fsp3) is 0.458. The number of rotatable bonds is 6. The highest BCUT2D eigenvalue weighted by molar-refractivity contribution is 7.11. The Hall–Kier alpha value is -2.67. The van der Waals surface area contributed by atoms with Crippen LogP contribution in [0.15, 0.2) is 29.6 Å². The van der Waals surface area contributed by atoms with Gasteiger partial charge in [0, 0.05) is 62.0 Å². The number of carbonyl (C=O) groups excluding carboxylic acids is 1. The van der Waals surface area contributed by atoms with Gasteiger partial charge in [0.05, 0.1) is 10.9 Å². The second-order valence-electron chi connectivity index (χ2n) is 8.41. The predicted molar refractivity (Wildman–Crippen MR) is 129 cm³/mol. The second kappa shape index (κ2) is 9.22. The van der Waals surface area contributed by atoms with Crippen molar-refractivity contribution in [1.82, 2.24) is 15.3 Å². The summed E-state index contributed by atoms with van der Waals surface area (Å²) in [5.41, 5.74) is 3.33. The van der Waals surface area contributed by atoms with E-state index in [0.29, 0.717) is 6.54 Å². The van der Waals surface area contributed by atoms with E-state index in [1.54, 1.807) is 11.3 Å². The van der Waals surface area contributed by atoms with Gasteiger partial charge in [0.1, 0.15) is 11.6 Å². The van der Waals surface area contributed by atoms with E-state index in [9.17, 15) is 4.79 Å². The molecular formula is C24H31N5OS. The average Bonchev–Trinajstić information content (AvgIpc) is 3.17. The number of hydrogen-bond acceptors (Lipinski definition) is 6. The maximum atomic E-state index is 12.8. The minimum absolute atomic E-state index is 0.0591. The highest BCUT2D eigenvalue weighted by Crippen LogP contribution is 2.33. The second-order valence-corrected chi connectivity index (χ2v) is 9.49.